The van der Waals surface area contributed by atoms with E-state index < -0.39 is 29.2 Å². The van der Waals surface area contributed by atoms with E-state index in [0.29, 0.717) is 30.2 Å². The zero-order valence-corrected chi connectivity index (χ0v) is 16.8. The lowest BCUT2D eigenvalue weighted by Gasteiger charge is -2.40. The highest BCUT2D eigenvalue weighted by atomic mass is 19.4. The Morgan fingerprint density at radius 2 is 2.00 bits per heavy atom. The highest BCUT2D eigenvalue weighted by Gasteiger charge is 2.48. The van der Waals surface area contributed by atoms with E-state index in [1.54, 1.807) is 6.07 Å². The Kier molecular flexibility index (Phi) is 6.79. The lowest BCUT2D eigenvalue weighted by Crippen LogP contribution is -2.56. The van der Waals surface area contributed by atoms with Gasteiger partial charge in [0.15, 0.2) is 0 Å². The zero-order valence-electron chi connectivity index (χ0n) is 16.8. The molecule has 1 heterocycles. The van der Waals surface area contributed by atoms with Crippen molar-refractivity contribution in [1.82, 2.24) is 5.32 Å². The molecule has 0 bridgehead atoms. The Morgan fingerprint density at radius 3 is 2.52 bits per heavy atom. The Labute approximate surface area is 167 Å². The van der Waals surface area contributed by atoms with Gasteiger partial charge in [-0.2, -0.15) is 13.2 Å². The molecule has 162 valence electrons. The molecule has 1 atom stereocenters. The number of rotatable bonds is 6. The number of carbonyl (C=O) groups excluding carboxylic acids is 1. The summed E-state index contributed by atoms with van der Waals surface area (Å²) in [6, 6.07) is 4.17. The number of hydrogen-bond acceptors (Lipinski definition) is 5. The summed E-state index contributed by atoms with van der Waals surface area (Å²) >= 11 is 0. The molecule has 1 aromatic carbocycles. The number of carbonyl (C=O) groups is 2. The summed E-state index contributed by atoms with van der Waals surface area (Å²) in [7, 11) is 1.30. The van der Waals surface area contributed by atoms with Gasteiger partial charge in [-0.05, 0) is 39.0 Å². The number of aromatic carboxylic acids is 1. The average molecular weight is 417 g/mol. The number of alkyl halides is 3. The number of methoxy groups -OCH3 is 1. The highest BCUT2D eigenvalue weighted by molar-refractivity contribution is 6.05. The van der Waals surface area contributed by atoms with Crippen LogP contribution in [0.2, 0.25) is 0 Å². The second kappa shape index (κ2) is 8.58. The number of hydrogen-bond donors (Lipinski definition) is 2. The minimum Gasteiger partial charge on any atom is -0.478 e. The largest absolute Gasteiger partial charge is 0.478 e. The van der Waals surface area contributed by atoms with E-state index in [9.17, 15) is 27.9 Å². The molecule has 0 aromatic heterocycles. The summed E-state index contributed by atoms with van der Waals surface area (Å²) in [5.74, 6) is -3.57. The summed E-state index contributed by atoms with van der Waals surface area (Å²) in [6.07, 6.45) is -5.18. The Hall–Kier alpha value is -2.33. The molecule has 2 N–H and O–H groups in total. The Morgan fingerprint density at radius 1 is 1.34 bits per heavy atom. The number of carboxylic acid groups (broad SMARTS) is 1. The van der Waals surface area contributed by atoms with Gasteiger partial charge in [-0.25, -0.2) is 4.79 Å². The quantitative estimate of drug-likeness (QED) is 0.740. The van der Waals surface area contributed by atoms with Gasteiger partial charge in [-0.3, -0.25) is 9.69 Å². The fourth-order valence-electron chi connectivity index (χ4n) is 3.54. The molecular formula is C19H26F3N3O4. The molecule has 1 aliphatic rings. The van der Waals surface area contributed by atoms with Crippen LogP contribution >= 0.6 is 0 Å². The van der Waals surface area contributed by atoms with E-state index in [1.165, 1.54) is 33.1 Å². The van der Waals surface area contributed by atoms with Crippen LogP contribution in [0.25, 0.3) is 0 Å². The maximum Gasteiger partial charge on any atom is 0.471 e. The lowest BCUT2D eigenvalue weighted by molar-refractivity contribution is -0.172. The number of piperazine rings is 1. The predicted octanol–water partition coefficient (Wildman–Crippen LogP) is 2.50. The molecule has 1 saturated heterocycles. The minimum absolute atomic E-state index is 0.0473. The minimum atomic E-state index is -5.18. The van der Waals surface area contributed by atoms with E-state index in [0.717, 1.165) is 0 Å². The average Bonchev–Trinajstić information content (AvgIpc) is 2.61. The topological polar surface area (TPSA) is 82.1 Å². The van der Waals surface area contributed by atoms with Crippen molar-refractivity contribution in [3.63, 3.8) is 0 Å². The normalized spacial score (nSPS) is 17.9. The van der Waals surface area contributed by atoms with Crippen LogP contribution < -0.4 is 15.1 Å². The van der Waals surface area contributed by atoms with Gasteiger partial charge in [0.05, 0.1) is 23.4 Å². The molecule has 29 heavy (non-hydrogen) atoms. The zero-order chi connectivity index (χ0) is 22.0. The molecule has 1 fully saturated rings. The van der Waals surface area contributed by atoms with Crippen molar-refractivity contribution in [3.8, 4) is 0 Å². The van der Waals surface area contributed by atoms with Crippen LogP contribution in [-0.4, -0.2) is 68.1 Å². The van der Waals surface area contributed by atoms with Gasteiger partial charge < -0.3 is 20.1 Å². The number of nitrogens with one attached hydrogen (secondary N) is 1. The predicted molar refractivity (Wildman–Crippen MR) is 103 cm³/mol. The number of carboxylic acids is 1. The first kappa shape index (κ1) is 23.0. The van der Waals surface area contributed by atoms with Crippen molar-refractivity contribution in [2.24, 2.45) is 0 Å². The molecule has 10 heteroatoms. The molecule has 0 saturated carbocycles. The van der Waals surface area contributed by atoms with Crippen molar-refractivity contribution in [2.75, 3.05) is 43.2 Å². The standard InChI is InChI=1S/C19H26F3N3O4/c1-12-10-23-7-8-24(12)13-5-6-14(16(26)27)15(9-13)25(17(28)19(20,21)22)18(2,3)11-29-4/h5-6,9,12,23H,7-8,10-11H2,1-4H3,(H,26,27). The van der Waals surface area contributed by atoms with Crippen LogP contribution in [-0.2, 0) is 9.53 Å². The first-order valence-electron chi connectivity index (χ1n) is 9.15. The van der Waals surface area contributed by atoms with Gasteiger partial charge in [0, 0.05) is 38.5 Å². The van der Waals surface area contributed by atoms with Crippen molar-refractivity contribution in [1.29, 1.82) is 0 Å². The molecule has 1 amide bonds. The summed E-state index contributed by atoms with van der Waals surface area (Å²) in [6.45, 7) is 6.48. The Balaban J connectivity index is 2.67. The van der Waals surface area contributed by atoms with Crippen LogP contribution in [0, 0.1) is 0 Å². The monoisotopic (exact) mass is 417 g/mol. The van der Waals surface area contributed by atoms with Gasteiger partial charge in [-0.1, -0.05) is 0 Å². The summed E-state index contributed by atoms with van der Waals surface area (Å²) in [4.78, 5) is 26.5. The van der Waals surface area contributed by atoms with E-state index in [-0.39, 0.29) is 18.3 Å². The fourth-order valence-corrected chi connectivity index (χ4v) is 3.54. The van der Waals surface area contributed by atoms with E-state index in [2.05, 4.69) is 5.32 Å². The molecule has 0 radical (unpaired) electrons. The third-order valence-electron chi connectivity index (χ3n) is 4.83. The maximum absolute atomic E-state index is 13.4. The molecule has 7 nitrogen and oxygen atoms in total. The molecular weight excluding hydrogens is 391 g/mol. The fraction of sp³-hybridized carbons (Fsp3) is 0.579. The van der Waals surface area contributed by atoms with Crippen LogP contribution in [0.3, 0.4) is 0 Å². The maximum atomic E-state index is 13.4. The van der Waals surface area contributed by atoms with Crippen LogP contribution in [0.15, 0.2) is 18.2 Å². The molecule has 1 aromatic rings. The number of anilines is 2. The highest BCUT2D eigenvalue weighted by Crippen LogP contribution is 2.36. The third kappa shape index (κ3) is 4.99. The van der Waals surface area contributed by atoms with Gasteiger partial charge in [0.25, 0.3) is 0 Å². The first-order valence-corrected chi connectivity index (χ1v) is 9.15. The van der Waals surface area contributed by atoms with Gasteiger partial charge in [-0.15, -0.1) is 0 Å². The van der Waals surface area contributed by atoms with Gasteiger partial charge >= 0.3 is 18.1 Å². The first-order chi connectivity index (χ1) is 13.4. The molecule has 2 rings (SSSR count). The van der Waals surface area contributed by atoms with Crippen LogP contribution in [0.1, 0.15) is 31.1 Å². The molecule has 0 aliphatic carbocycles. The summed E-state index contributed by atoms with van der Waals surface area (Å²) in [5, 5.41) is 12.8. The SMILES string of the molecule is COCC(C)(C)N(C(=O)C(F)(F)F)c1cc(N2CCNCC2C)ccc1C(=O)O. The second-order valence-corrected chi connectivity index (χ2v) is 7.64. The molecule has 1 unspecified atom stereocenters. The summed E-state index contributed by atoms with van der Waals surface area (Å²) < 4.78 is 45.2. The van der Waals surface area contributed by atoms with Crippen molar-refractivity contribution >= 4 is 23.3 Å². The number of nitrogens with zero attached hydrogens (tertiary/aromatic N) is 2. The smallest absolute Gasteiger partial charge is 0.471 e. The van der Waals surface area contributed by atoms with Crippen LogP contribution in [0.5, 0.6) is 0 Å². The van der Waals surface area contributed by atoms with Gasteiger partial charge in [0.1, 0.15) is 0 Å². The number of amides is 1. The van der Waals surface area contributed by atoms with Crippen molar-refractivity contribution < 1.29 is 32.6 Å². The number of halogens is 3. The number of ether oxygens (including phenoxy) is 1. The van der Waals surface area contributed by atoms with Crippen LogP contribution in [0.4, 0.5) is 24.5 Å². The molecule has 1 aliphatic heterocycles. The van der Waals surface area contributed by atoms with Crippen molar-refractivity contribution in [3.05, 3.63) is 23.8 Å². The second-order valence-electron chi connectivity index (χ2n) is 7.64. The van der Waals surface area contributed by atoms with Crippen molar-refractivity contribution in [2.45, 2.75) is 38.5 Å². The lowest BCUT2D eigenvalue weighted by atomic mass is 9.99. The molecule has 0 spiro atoms. The van der Waals surface area contributed by atoms with E-state index >= 15 is 0 Å². The summed E-state index contributed by atoms with van der Waals surface area (Å²) in [5.41, 5.74) is -1.60. The van der Waals surface area contributed by atoms with E-state index in [4.69, 9.17) is 4.74 Å². The van der Waals surface area contributed by atoms with E-state index in [1.807, 2.05) is 11.8 Å². The number of benzene rings is 1. The third-order valence-corrected chi connectivity index (χ3v) is 4.83. The Bertz CT molecular complexity index is 768. The van der Waals surface area contributed by atoms with Gasteiger partial charge in [0.2, 0.25) is 0 Å².